The van der Waals surface area contributed by atoms with Crippen molar-refractivity contribution < 1.29 is 5.11 Å². The highest BCUT2D eigenvalue weighted by Crippen LogP contribution is 2.36. The van der Waals surface area contributed by atoms with E-state index in [0.29, 0.717) is 11.3 Å². The molecule has 0 amide bonds. The molecule has 0 aliphatic carbocycles. The van der Waals surface area contributed by atoms with Gasteiger partial charge in [0.15, 0.2) is 0 Å². The Bertz CT molecular complexity index is 333. The van der Waals surface area contributed by atoms with E-state index in [9.17, 15) is 5.11 Å². The maximum absolute atomic E-state index is 9.74. The number of hydrogen-bond acceptors (Lipinski definition) is 3. The molecule has 3 nitrogen and oxygen atoms in total. The van der Waals surface area contributed by atoms with Crippen molar-refractivity contribution in [1.29, 1.82) is 0 Å². The summed E-state index contributed by atoms with van der Waals surface area (Å²) in [5, 5.41) is 9.74. The van der Waals surface area contributed by atoms with E-state index in [2.05, 4.69) is 22.9 Å². The zero-order valence-corrected chi connectivity index (χ0v) is 10.9. The zero-order chi connectivity index (χ0) is 10.7. The van der Waals surface area contributed by atoms with Crippen LogP contribution in [0.1, 0.15) is 31.4 Å². The van der Waals surface area contributed by atoms with Crippen LogP contribution in [0.4, 0.5) is 5.69 Å². The van der Waals surface area contributed by atoms with Gasteiger partial charge in [-0.3, -0.25) is 0 Å². The number of phenols is 1. The Labute approximate surface area is 104 Å². The molecular weight excluding hydrogens is 279 g/mol. The maximum Gasteiger partial charge on any atom is 0.144 e. The second-order valence-electron chi connectivity index (χ2n) is 3.29. The van der Waals surface area contributed by atoms with Crippen molar-refractivity contribution in [3.8, 4) is 5.75 Å². The molecule has 0 unspecified atom stereocenters. The van der Waals surface area contributed by atoms with Crippen molar-refractivity contribution in [3.05, 3.63) is 22.2 Å². The topological polar surface area (TPSA) is 72.3 Å². The molecule has 0 saturated heterocycles. The lowest BCUT2D eigenvalue weighted by Crippen LogP contribution is -2.11. The number of rotatable bonds is 3. The Hall–Kier alpha value is -0.450. The number of aromatic hydroxyl groups is 1. The summed E-state index contributed by atoms with van der Waals surface area (Å²) in [5.41, 5.74) is 12.6. The molecule has 0 spiro atoms. The fourth-order valence-corrected chi connectivity index (χ4v) is 2.02. The standard InChI is InChI=1S/C10H15BrN2O.ClH/c1-2-3-7(12)9-6(11)4-5-8(13)10(9)14;/h4-5,7,14H,2-3,12-13H2,1H3;1H/t7-;/m1./s1. The molecule has 1 aromatic carbocycles. The summed E-state index contributed by atoms with van der Waals surface area (Å²) in [6, 6.07) is 3.29. The van der Waals surface area contributed by atoms with Crippen molar-refractivity contribution in [1.82, 2.24) is 0 Å². The Kier molecular flexibility index (Phi) is 6.02. The Morgan fingerprint density at radius 3 is 2.60 bits per heavy atom. The number of halogens is 2. The summed E-state index contributed by atoms with van der Waals surface area (Å²) in [6.45, 7) is 2.05. The average Bonchev–Trinajstić information content (AvgIpc) is 2.13. The smallest absolute Gasteiger partial charge is 0.144 e. The molecule has 1 atom stereocenters. The van der Waals surface area contributed by atoms with Crippen LogP contribution >= 0.6 is 28.3 Å². The Balaban J connectivity index is 0.00000196. The van der Waals surface area contributed by atoms with Gasteiger partial charge in [0.25, 0.3) is 0 Å². The van der Waals surface area contributed by atoms with E-state index in [1.807, 2.05) is 0 Å². The first-order valence-corrected chi connectivity index (χ1v) is 5.39. The quantitative estimate of drug-likeness (QED) is 0.593. The van der Waals surface area contributed by atoms with E-state index < -0.39 is 0 Å². The Morgan fingerprint density at radius 1 is 1.47 bits per heavy atom. The van der Waals surface area contributed by atoms with E-state index in [1.165, 1.54) is 0 Å². The third kappa shape index (κ3) is 3.26. The van der Waals surface area contributed by atoms with Crippen LogP contribution in [0, 0.1) is 0 Å². The van der Waals surface area contributed by atoms with Crippen LogP contribution in [0.5, 0.6) is 5.75 Å². The second-order valence-corrected chi connectivity index (χ2v) is 4.15. The highest BCUT2D eigenvalue weighted by Gasteiger charge is 2.15. The first-order chi connectivity index (χ1) is 6.57. The first-order valence-electron chi connectivity index (χ1n) is 4.60. The van der Waals surface area contributed by atoms with Gasteiger partial charge in [-0.2, -0.15) is 0 Å². The predicted octanol–water partition coefficient (Wildman–Crippen LogP) is 2.96. The molecule has 0 aromatic heterocycles. The third-order valence-electron chi connectivity index (χ3n) is 2.17. The molecule has 5 heteroatoms. The van der Waals surface area contributed by atoms with Crippen LogP contribution in [-0.4, -0.2) is 5.11 Å². The molecule has 0 radical (unpaired) electrons. The fraction of sp³-hybridized carbons (Fsp3) is 0.400. The third-order valence-corrected chi connectivity index (χ3v) is 2.86. The largest absolute Gasteiger partial charge is 0.505 e. The first kappa shape index (κ1) is 14.6. The van der Waals surface area contributed by atoms with Crippen LogP contribution in [0.2, 0.25) is 0 Å². The predicted molar refractivity (Wildman–Crippen MR) is 69.3 cm³/mol. The Morgan fingerprint density at radius 2 is 2.07 bits per heavy atom. The molecule has 0 heterocycles. The van der Waals surface area contributed by atoms with E-state index >= 15 is 0 Å². The maximum atomic E-state index is 9.74. The number of benzene rings is 1. The molecule has 0 bridgehead atoms. The minimum absolute atomic E-state index is 0. The van der Waals surface area contributed by atoms with Gasteiger partial charge in [-0.1, -0.05) is 29.3 Å². The average molecular weight is 296 g/mol. The summed E-state index contributed by atoms with van der Waals surface area (Å²) in [4.78, 5) is 0. The summed E-state index contributed by atoms with van der Waals surface area (Å²) in [5.74, 6) is 0.0975. The van der Waals surface area contributed by atoms with Crippen LogP contribution in [-0.2, 0) is 0 Å². The number of nitrogen functional groups attached to an aromatic ring is 1. The lowest BCUT2D eigenvalue weighted by Gasteiger charge is -2.15. The van der Waals surface area contributed by atoms with Gasteiger partial charge >= 0.3 is 0 Å². The highest BCUT2D eigenvalue weighted by atomic mass is 79.9. The summed E-state index contributed by atoms with van der Waals surface area (Å²) in [7, 11) is 0. The van der Waals surface area contributed by atoms with Gasteiger partial charge in [0, 0.05) is 16.1 Å². The highest BCUT2D eigenvalue weighted by molar-refractivity contribution is 9.10. The normalized spacial score (nSPS) is 11.9. The number of anilines is 1. The lowest BCUT2D eigenvalue weighted by molar-refractivity contribution is 0.460. The molecule has 0 aliphatic heterocycles. The SMILES string of the molecule is CCC[C@@H](N)c1c(Br)ccc(N)c1O.Cl. The molecule has 5 N–H and O–H groups in total. The van der Waals surface area contributed by atoms with E-state index in [1.54, 1.807) is 12.1 Å². The lowest BCUT2D eigenvalue weighted by atomic mass is 10.0. The van der Waals surface area contributed by atoms with Gasteiger partial charge in [-0.15, -0.1) is 12.4 Å². The minimum atomic E-state index is -0.169. The van der Waals surface area contributed by atoms with E-state index in [-0.39, 0.29) is 24.2 Å². The van der Waals surface area contributed by atoms with Crippen LogP contribution in [0.15, 0.2) is 16.6 Å². The van der Waals surface area contributed by atoms with Crippen molar-refractivity contribution in [2.75, 3.05) is 5.73 Å². The monoisotopic (exact) mass is 294 g/mol. The molecule has 15 heavy (non-hydrogen) atoms. The summed E-state index contributed by atoms with van der Waals surface area (Å²) >= 11 is 3.36. The summed E-state index contributed by atoms with van der Waals surface area (Å²) < 4.78 is 0.810. The molecule has 1 rings (SSSR count). The van der Waals surface area contributed by atoms with Crippen LogP contribution in [0.25, 0.3) is 0 Å². The van der Waals surface area contributed by atoms with Gasteiger partial charge in [-0.05, 0) is 18.6 Å². The molecule has 0 saturated carbocycles. The number of nitrogens with two attached hydrogens (primary N) is 2. The molecule has 1 aromatic rings. The minimum Gasteiger partial charge on any atom is -0.505 e. The van der Waals surface area contributed by atoms with Crippen molar-refractivity contribution in [3.63, 3.8) is 0 Å². The van der Waals surface area contributed by atoms with Crippen molar-refractivity contribution in [2.24, 2.45) is 5.73 Å². The van der Waals surface area contributed by atoms with Crippen molar-refractivity contribution in [2.45, 2.75) is 25.8 Å². The van der Waals surface area contributed by atoms with Crippen molar-refractivity contribution >= 4 is 34.0 Å². The molecule has 86 valence electrons. The van der Waals surface area contributed by atoms with Gasteiger partial charge in [-0.25, -0.2) is 0 Å². The van der Waals surface area contributed by atoms with Gasteiger partial charge in [0.05, 0.1) is 5.69 Å². The van der Waals surface area contributed by atoms with Gasteiger partial charge in [0.2, 0.25) is 0 Å². The van der Waals surface area contributed by atoms with Gasteiger partial charge < -0.3 is 16.6 Å². The molecular formula is C10H16BrClN2O. The molecule has 0 aliphatic rings. The van der Waals surface area contributed by atoms with Crippen LogP contribution in [0.3, 0.4) is 0 Å². The van der Waals surface area contributed by atoms with Gasteiger partial charge in [0.1, 0.15) is 5.75 Å². The number of hydrogen-bond donors (Lipinski definition) is 3. The second kappa shape index (κ2) is 6.20. The number of phenolic OH excluding ortho intramolecular Hbond substituents is 1. The van der Waals surface area contributed by atoms with Crippen LogP contribution < -0.4 is 11.5 Å². The molecule has 0 fully saturated rings. The van der Waals surface area contributed by atoms with E-state index in [4.69, 9.17) is 11.5 Å². The fourth-order valence-electron chi connectivity index (χ4n) is 1.41. The summed E-state index contributed by atoms with van der Waals surface area (Å²) in [6.07, 6.45) is 1.80. The zero-order valence-electron chi connectivity index (χ0n) is 8.53. The van der Waals surface area contributed by atoms with E-state index in [0.717, 1.165) is 17.3 Å².